The highest BCUT2D eigenvalue weighted by Crippen LogP contribution is 2.15. The summed E-state index contributed by atoms with van der Waals surface area (Å²) in [6.07, 6.45) is 6.05. The Morgan fingerprint density at radius 3 is 2.90 bits per heavy atom. The third kappa shape index (κ3) is 3.66. The monoisotopic (exact) mass is 275 g/mol. The molecule has 4 nitrogen and oxygen atoms in total. The minimum Gasteiger partial charge on any atom is -0.311 e. The average Bonchev–Trinajstić information content (AvgIpc) is 2.49. The molecule has 0 aromatic heterocycles. The van der Waals surface area contributed by atoms with Crippen LogP contribution in [0.1, 0.15) is 26.2 Å². The van der Waals surface area contributed by atoms with E-state index < -0.39 is 0 Å². The van der Waals surface area contributed by atoms with Crippen LogP contribution in [0.5, 0.6) is 0 Å². The van der Waals surface area contributed by atoms with Crippen LogP contribution in [0.4, 0.5) is 10.1 Å². The zero-order valence-corrected chi connectivity index (χ0v) is 11.5. The maximum atomic E-state index is 12.8. The van der Waals surface area contributed by atoms with Gasteiger partial charge in [-0.25, -0.2) is 4.39 Å². The van der Waals surface area contributed by atoms with Crippen molar-refractivity contribution in [1.82, 2.24) is 4.90 Å². The van der Waals surface area contributed by atoms with E-state index in [4.69, 9.17) is 0 Å². The van der Waals surface area contributed by atoms with Gasteiger partial charge in [0.15, 0.2) is 0 Å². The number of anilines is 1. The van der Waals surface area contributed by atoms with Crippen LogP contribution in [0.3, 0.4) is 0 Å². The third-order valence-corrected chi connectivity index (χ3v) is 3.09. The fourth-order valence-corrected chi connectivity index (χ4v) is 2.02. The summed E-state index contributed by atoms with van der Waals surface area (Å²) >= 11 is 0. The Kier molecular flexibility index (Phi) is 4.87. The number of nitrogens with one attached hydrogen (secondary N) is 1. The van der Waals surface area contributed by atoms with Crippen molar-refractivity contribution in [1.29, 1.82) is 0 Å². The van der Waals surface area contributed by atoms with Crippen molar-refractivity contribution in [2.75, 3.05) is 12.0 Å². The van der Waals surface area contributed by atoms with Crippen LogP contribution in [0.2, 0.25) is 0 Å². The molecule has 0 fully saturated rings. The van der Waals surface area contributed by atoms with Gasteiger partial charge in [-0.05, 0) is 37.1 Å². The molecular weight excluding hydrogens is 257 g/mol. The topological polar surface area (TPSA) is 44.7 Å². The summed E-state index contributed by atoms with van der Waals surface area (Å²) in [6.45, 7) is 2.59. The van der Waals surface area contributed by atoms with Gasteiger partial charge in [0, 0.05) is 13.0 Å². The van der Waals surface area contributed by atoms with Crippen molar-refractivity contribution in [2.45, 2.75) is 26.2 Å². The molecule has 0 unspecified atom stereocenters. The molecule has 1 heterocycles. The molecular formula is C15H18FN3O. The second kappa shape index (κ2) is 6.84. The standard InChI is InChI=1S/C15H18FN3O/c1-2-15(20)19-10-4-3-5-14(19)11-17-18-13-8-6-12(16)7-9-13/h5-9,11,18H,2-4,10H2,1H3. The molecule has 1 aliphatic rings. The van der Waals surface area contributed by atoms with Gasteiger partial charge in [-0.3, -0.25) is 10.2 Å². The molecule has 0 saturated heterocycles. The molecule has 5 heteroatoms. The lowest BCUT2D eigenvalue weighted by molar-refractivity contribution is -0.128. The number of halogens is 1. The third-order valence-electron chi connectivity index (χ3n) is 3.09. The molecule has 0 radical (unpaired) electrons. The van der Waals surface area contributed by atoms with E-state index in [0.717, 1.165) is 25.1 Å². The van der Waals surface area contributed by atoms with Crippen LogP contribution in [0.25, 0.3) is 0 Å². The highest BCUT2D eigenvalue weighted by Gasteiger charge is 2.17. The van der Waals surface area contributed by atoms with Gasteiger partial charge in [-0.1, -0.05) is 13.0 Å². The normalized spacial score (nSPS) is 15.3. The minimum absolute atomic E-state index is 0.101. The van der Waals surface area contributed by atoms with Crippen LogP contribution < -0.4 is 5.43 Å². The SMILES string of the molecule is CCC(=O)N1CCCC=C1C=NNc1ccc(F)cc1. The molecule has 1 aromatic rings. The maximum Gasteiger partial charge on any atom is 0.226 e. The van der Waals surface area contributed by atoms with Gasteiger partial charge in [-0.2, -0.15) is 5.10 Å². The largest absolute Gasteiger partial charge is 0.311 e. The van der Waals surface area contributed by atoms with Gasteiger partial charge in [-0.15, -0.1) is 0 Å². The van der Waals surface area contributed by atoms with Crippen LogP contribution in [0, 0.1) is 5.82 Å². The van der Waals surface area contributed by atoms with Crippen molar-refractivity contribution in [2.24, 2.45) is 5.10 Å². The van der Waals surface area contributed by atoms with Gasteiger partial charge < -0.3 is 4.90 Å². The summed E-state index contributed by atoms with van der Waals surface area (Å²) in [6, 6.07) is 5.95. The number of amides is 1. The molecule has 1 aliphatic heterocycles. The van der Waals surface area contributed by atoms with E-state index in [0.29, 0.717) is 12.1 Å². The van der Waals surface area contributed by atoms with Crippen molar-refractivity contribution in [3.63, 3.8) is 0 Å². The summed E-state index contributed by atoms with van der Waals surface area (Å²) in [7, 11) is 0. The summed E-state index contributed by atoms with van der Waals surface area (Å²) in [5.41, 5.74) is 4.34. The second-order valence-corrected chi connectivity index (χ2v) is 4.55. The number of hydrogen-bond donors (Lipinski definition) is 1. The van der Waals surface area contributed by atoms with Gasteiger partial charge >= 0.3 is 0 Å². The first-order chi connectivity index (χ1) is 9.70. The zero-order valence-electron chi connectivity index (χ0n) is 11.5. The Morgan fingerprint density at radius 1 is 1.45 bits per heavy atom. The minimum atomic E-state index is -0.283. The Bertz CT molecular complexity index is 522. The van der Waals surface area contributed by atoms with E-state index in [1.54, 1.807) is 23.2 Å². The maximum absolute atomic E-state index is 12.8. The van der Waals surface area contributed by atoms with Crippen molar-refractivity contribution in [3.05, 3.63) is 41.9 Å². The Balaban J connectivity index is 2.00. The number of carbonyl (C=O) groups is 1. The lowest BCUT2D eigenvalue weighted by Crippen LogP contribution is -2.33. The van der Waals surface area contributed by atoms with Crippen LogP contribution in [-0.4, -0.2) is 23.6 Å². The summed E-state index contributed by atoms with van der Waals surface area (Å²) in [5, 5.41) is 4.10. The first kappa shape index (κ1) is 14.2. The molecule has 2 rings (SSSR count). The highest BCUT2D eigenvalue weighted by molar-refractivity contribution is 5.88. The molecule has 0 bridgehead atoms. The lowest BCUT2D eigenvalue weighted by Gasteiger charge is -2.26. The molecule has 20 heavy (non-hydrogen) atoms. The van der Waals surface area contributed by atoms with Crippen molar-refractivity contribution >= 4 is 17.8 Å². The van der Waals surface area contributed by atoms with E-state index in [2.05, 4.69) is 10.5 Å². The molecule has 1 N–H and O–H groups in total. The number of carbonyl (C=O) groups excluding carboxylic acids is 1. The molecule has 1 amide bonds. The Hall–Kier alpha value is -2.17. The number of nitrogens with zero attached hydrogens (tertiary/aromatic N) is 2. The first-order valence-corrected chi connectivity index (χ1v) is 6.76. The number of allylic oxidation sites excluding steroid dienone is 2. The predicted molar refractivity (Wildman–Crippen MR) is 77.8 cm³/mol. The summed E-state index contributed by atoms with van der Waals surface area (Å²) in [5.74, 6) is -0.182. The van der Waals surface area contributed by atoms with Gasteiger partial charge in [0.1, 0.15) is 5.82 Å². The molecule has 0 spiro atoms. The van der Waals surface area contributed by atoms with E-state index >= 15 is 0 Å². The lowest BCUT2D eigenvalue weighted by atomic mass is 10.1. The summed E-state index contributed by atoms with van der Waals surface area (Å²) in [4.78, 5) is 13.6. The Morgan fingerprint density at radius 2 is 2.20 bits per heavy atom. The fraction of sp³-hybridized carbons (Fsp3) is 0.333. The van der Waals surface area contributed by atoms with E-state index in [9.17, 15) is 9.18 Å². The zero-order chi connectivity index (χ0) is 14.4. The van der Waals surface area contributed by atoms with Gasteiger partial charge in [0.25, 0.3) is 0 Å². The predicted octanol–water partition coefficient (Wildman–Crippen LogP) is 3.14. The summed E-state index contributed by atoms with van der Waals surface area (Å²) < 4.78 is 12.8. The molecule has 106 valence electrons. The quantitative estimate of drug-likeness (QED) is 0.677. The Labute approximate surface area is 118 Å². The van der Waals surface area contributed by atoms with E-state index in [1.165, 1.54) is 12.1 Å². The van der Waals surface area contributed by atoms with Gasteiger partial charge in [0.05, 0.1) is 17.6 Å². The van der Waals surface area contributed by atoms with Crippen LogP contribution in [-0.2, 0) is 4.79 Å². The smallest absolute Gasteiger partial charge is 0.226 e. The number of hydrazone groups is 1. The highest BCUT2D eigenvalue weighted by atomic mass is 19.1. The second-order valence-electron chi connectivity index (χ2n) is 4.55. The van der Waals surface area contributed by atoms with E-state index in [-0.39, 0.29) is 11.7 Å². The molecule has 0 atom stereocenters. The van der Waals surface area contributed by atoms with Gasteiger partial charge in [0.2, 0.25) is 5.91 Å². The van der Waals surface area contributed by atoms with Crippen LogP contribution >= 0.6 is 0 Å². The number of hydrogen-bond acceptors (Lipinski definition) is 3. The van der Waals surface area contributed by atoms with E-state index in [1.807, 2.05) is 13.0 Å². The molecule has 1 aromatic carbocycles. The first-order valence-electron chi connectivity index (χ1n) is 6.76. The molecule has 0 aliphatic carbocycles. The van der Waals surface area contributed by atoms with Crippen molar-refractivity contribution < 1.29 is 9.18 Å². The van der Waals surface area contributed by atoms with Crippen LogP contribution in [0.15, 0.2) is 41.1 Å². The number of rotatable bonds is 4. The molecule has 0 saturated carbocycles. The average molecular weight is 275 g/mol. The fourth-order valence-electron chi connectivity index (χ4n) is 2.02. The number of benzene rings is 1. The van der Waals surface area contributed by atoms with Crippen molar-refractivity contribution in [3.8, 4) is 0 Å².